The summed E-state index contributed by atoms with van der Waals surface area (Å²) in [5.74, 6) is 2.37. The molecule has 0 amide bonds. The zero-order chi connectivity index (χ0) is 19.9. The highest BCUT2D eigenvalue weighted by atomic mass is 32.1. The molecule has 2 N–H and O–H groups in total. The number of nitrogens with zero attached hydrogens (tertiary/aromatic N) is 3. The highest BCUT2D eigenvalue weighted by molar-refractivity contribution is 7.13. The fraction of sp³-hybridized carbons (Fsp3) is 0.136. The van der Waals surface area contributed by atoms with E-state index in [1.54, 1.807) is 24.6 Å². The minimum Gasteiger partial charge on any atom is -0.497 e. The lowest BCUT2D eigenvalue weighted by Crippen LogP contribution is -2.12. The van der Waals surface area contributed by atoms with Gasteiger partial charge in [-0.25, -0.2) is 15.0 Å². The molecule has 0 bridgehead atoms. The summed E-state index contributed by atoms with van der Waals surface area (Å²) in [5.41, 5.74) is 3.18. The van der Waals surface area contributed by atoms with Crippen LogP contribution in [-0.2, 0) is 13.1 Å². The molecule has 4 aromatic rings. The maximum Gasteiger partial charge on any atom is 0.141 e. The standard InChI is InChI=1S/C22H21N5OS/c1-28-18-8-5-16(6-9-18)13-23-14-17-7-10-20(25-15-17)27-21-4-2-3-19(26-21)22-24-11-12-29-22/h2-12,15,23H,13-14H2,1H3,(H,25,26,27). The lowest BCUT2D eigenvalue weighted by atomic mass is 10.2. The van der Waals surface area contributed by atoms with Gasteiger partial charge in [0, 0.05) is 30.9 Å². The average molecular weight is 404 g/mol. The molecule has 29 heavy (non-hydrogen) atoms. The number of pyridine rings is 2. The zero-order valence-electron chi connectivity index (χ0n) is 16.0. The Morgan fingerprint density at radius 3 is 2.45 bits per heavy atom. The summed E-state index contributed by atoms with van der Waals surface area (Å²) in [5, 5.41) is 9.52. The number of hydrogen-bond donors (Lipinski definition) is 2. The molecule has 7 heteroatoms. The van der Waals surface area contributed by atoms with E-state index >= 15 is 0 Å². The molecule has 0 saturated carbocycles. The monoisotopic (exact) mass is 403 g/mol. The molecule has 0 fully saturated rings. The van der Waals surface area contributed by atoms with Gasteiger partial charge in [-0.05, 0) is 41.5 Å². The van der Waals surface area contributed by atoms with Gasteiger partial charge in [-0.3, -0.25) is 0 Å². The number of methoxy groups -OCH3 is 1. The molecule has 0 unspecified atom stereocenters. The molecule has 1 aromatic carbocycles. The summed E-state index contributed by atoms with van der Waals surface area (Å²) in [4.78, 5) is 13.4. The summed E-state index contributed by atoms with van der Waals surface area (Å²) in [6.45, 7) is 1.54. The van der Waals surface area contributed by atoms with E-state index in [1.807, 2.05) is 48.0 Å². The van der Waals surface area contributed by atoms with Gasteiger partial charge in [-0.15, -0.1) is 11.3 Å². The van der Waals surface area contributed by atoms with Crippen LogP contribution in [0.2, 0.25) is 0 Å². The van der Waals surface area contributed by atoms with Gasteiger partial charge in [0.1, 0.15) is 28.1 Å². The van der Waals surface area contributed by atoms with Crippen LogP contribution < -0.4 is 15.4 Å². The van der Waals surface area contributed by atoms with E-state index in [0.29, 0.717) is 0 Å². The van der Waals surface area contributed by atoms with Gasteiger partial charge < -0.3 is 15.4 Å². The van der Waals surface area contributed by atoms with Gasteiger partial charge in [-0.1, -0.05) is 24.3 Å². The van der Waals surface area contributed by atoms with Gasteiger partial charge in [0.15, 0.2) is 0 Å². The summed E-state index contributed by atoms with van der Waals surface area (Å²) in [6, 6.07) is 17.9. The second-order valence-electron chi connectivity index (χ2n) is 6.37. The van der Waals surface area contributed by atoms with Crippen molar-refractivity contribution >= 4 is 23.0 Å². The van der Waals surface area contributed by atoms with Gasteiger partial charge >= 0.3 is 0 Å². The third-order valence-corrected chi connectivity index (χ3v) is 5.09. The predicted octanol–water partition coefficient (Wildman–Crippen LogP) is 4.64. The number of ether oxygens (including phenoxy) is 1. The van der Waals surface area contributed by atoms with Crippen molar-refractivity contribution in [2.45, 2.75) is 13.1 Å². The maximum absolute atomic E-state index is 5.18. The Balaban J connectivity index is 1.31. The van der Waals surface area contributed by atoms with Crippen molar-refractivity contribution in [1.82, 2.24) is 20.3 Å². The Labute approximate surface area is 173 Å². The fourth-order valence-corrected chi connectivity index (χ4v) is 3.41. The van der Waals surface area contributed by atoms with Crippen LogP contribution in [0, 0.1) is 0 Å². The lowest BCUT2D eigenvalue weighted by molar-refractivity contribution is 0.414. The number of rotatable bonds is 8. The molecule has 0 radical (unpaired) electrons. The van der Waals surface area contributed by atoms with E-state index in [2.05, 4.69) is 43.8 Å². The molecular formula is C22H21N5OS. The van der Waals surface area contributed by atoms with E-state index in [-0.39, 0.29) is 0 Å². The van der Waals surface area contributed by atoms with Crippen molar-refractivity contribution in [3.05, 3.63) is 83.5 Å². The molecule has 146 valence electrons. The predicted molar refractivity (Wildman–Crippen MR) is 116 cm³/mol. The Hall–Kier alpha value is -3.29. The third-order valence-electron chi connectivity index (χ3n) is 4.30. The van der Waals surface area contributed by atoms with Crippen molar-refractivity contribution < 1.29 is 4.74 Å². The number of thiazole rings is 1. The molecule has 0 atom stereocenters. The van der Waals surface area contributed by atoms with Crippen molar-refractivity contribution in [2.24, 2.45) is 0 Å². The zero-order valence-corrected chi connectivity index (χ0v) is 16.8. The van der Waals surface area contributed by atoms with Crippen molar-refractivity contribution in [3.63, 3.8) is 0 Å². The molecule has 0 spiro atoms. The number of hydrogen-bond acceptors (Lipinski definition) is 7. The van der Waals surface area contributed by atoms with Gasteiger partial charge in [-0.2, -0.15) is 0 Å². The number of benzene rings is 1. The maximum atomic E-state index is 5.18. The van der Waals surface area contributed by atoms with Crippen LogP contribution in [0.4, 0.5) is 11.6 Å². The largest absolute Gasteiger partial charge is 0.497 e. The van der Waals surface area contributed by atoms with Crippen molar-refractivity contribution in [1.29, 1.82) is 0 Å². The lowest BCUT2D eigenvalue weighted by Gasteiger charge is -2.08. The molecule has 4 rings (SSSR count). The van der Waals surface area contributed by atoms with E-state index in [1.165, 1.54) is 5.56 Å². The highest BCUT2D eigenvalue weighted by Crippen LogP contribution is 2.22. The normalized spacial score (nSPS) is 10.7. The first kappa shape index (κ1) is 19.0. The first-order chi connectivity index (χ1) is 14.3. The number of anilines is 2. The van der Waals surface area contributed by atoms with Crippen molar-refractivity contribution in [3.8, 4) is 16.5 Å². The molecule has 0 aliphatic rings. The van der Waals surface area contributed by atoms with E-state index in [9.17, 15) is 0 Å². The average Bonchev–Trinajstić information content (AvgIpc) is 3.31. The minimum absolute atomic E-state index is 0.746. The topological polar surface area (TPSA) is 72.0 Å². The quantitative estimate of drug-likeness (QED) is 0.446. The molecular weight excluding hydrogens is 382 g/mol. The fourth-order valence-electron chi connectivity index (χ4n) is 2.80. The SMILES string of the molecule is COc1ccc(CNCc2ccc(Nc3cccc(-c4nccs4)n3)nc2)cc1. The molecule has 0 aliphatic carbocycles. The third kappa shape index (κ3) is 5.16. The van der Waals surface area contributed by atoms with Crippen LogP contribution in [0.3, 0.4) is 0 Å². The van der Waals surface area contributed by atoms with Crippen LogP contribution in [0.1, 0.15) is 11.1 Å². The number of aromatic nitrogens is 3. The number of nitrogens with one attached hydrogen (secondary N) is 2. The van der Waals surface area contributed by atoms with E-state index in [4.69, 9.17) is 4.74 Å². The molecule has 0 saturated heterocycles. The Morgan fingerprint density at radius 2 is 1.72 bits per heavy atom. The Morgan fingerprint density at radius 1 is 0.897 bits per heavy atom. The van der Waals surface area contributed by atoms with Gasteiger partial charge in [0.2, 0.25) is 0 Å². The first-order valence-electron chi connectivity index (χ1n) is 9.23. The van der Waals surface area contributed by atoms with Crippen LogP contribution in [0.15, 0.2) is 72.4 Å². The van der Waals surface area contributed by atoms with E-state index in [0.717, 1.165) is 46.7 Å². The van der Waals surface area contributed by atoms with Crippen LogP contribution in [0.25, 0.3) is 10.7 Å². The Bertz CT molecular complexity index is 1030. The van der Waals surface area contributed by atoms with Crippen molar-refractivity contribution in [2.75, 3.05) is 12.4 Å². The second-order valence-corrected chi connectivity index (χ2v) is 7.27. The summed E-state index contributed by atoms with van der Waals surface area (Å²) in [7, 11) is 1.67. The van der Waals surface area contributed by atoms with Crippen LogP contribution in [-0.4, -0.2) is 22.1 Å². The highest BCUT2D eigenvalue weighted by Gasteiger charge is 2.04. The van der Waals surface area contributed by atoms with Crippen LogP contribution >= 0.6 is 11.3 Å². The molecule has 0 aliphatic heterocycles. The molecule has 6 nitrogen and oxygen atoms in total. The minimum atomic E-state index is 0.746. The second kappa shape index (κ2) is 9.27. The smallest absolute Gasteiger partial charge is 0.141 e. The first-order valence-corrected chi connectivity index (χ1v) is 10.1. The van der Waals surface area contributed by atoms with Gasteiger partial charge in [0.25, 0.3) is 0 Å². The van der Waals surface area contributed by atoms with Gasteiger partial charge in [0.05, 0.1) is 7.11 Å². The van der Waals surface area contributed by atoms with E-state index < -0.39 is 0 Å². The summed E-state index contributed by atoms with van der Waals surface area (Å²) < 4.78 is 5.18. The Kier molecular flexibility index (Phi) is 6.09. The van der Waals surface area contributed by atoms with Crippen LogP contribution in [0.5, 0.6) is 5.75 Å². The molecule has 3 heterocycles. The molecule has 3 aromatic heterocycles. The summed E-state index contributed by atoms with van der Waals surface area (Å²) in [6.07, 6.45) is 3.65. The summed E-state index contributed by atoms with van der Waals surface area (Å²) >= 11 is 1.57.